The topological polar surface area (TPSA) is 102 Å². The number of aryl methyl sites for hydroxylation is 4. The third kappa shape index (κ3) is 4.86. The first-order valence-corrected chi connectivity index (χ1v) is 10.4. The molecule has 2 heterocycles. The molecule has 7 heteroatoms. The fourth-order valence-electron chi connectivity index (χ4n) is 3.27. The van der Waals surface area contributed by atoms with E-state index in [1.807, 2.05) is 38.1 Å². The number of aromatic nitrogens is 3. The molecule has 30 heavy (non-hydrogen) atoms. The number of nitrogens with zero attached hydrogens (tertiary/aromatic N) is 3. The second-order valence-corrected chi connectivity index (χ2v) is 7.25. The van der Waals surface area contributed by atoms with Crippen molar-refractivity contribution < 1.29 is 19.5 Å². The molecule has 0 bridgehead atoms. The molecule has 0 aliphatic rings. The van der Waals surface area contributed by atoms with Gasteiger partial charge in [-0.1, -0.05) is 25.9 Å². The van der Waals surface area contributed by atoms with Crippen LogP contribution in [0.1, 0.15) is 43.3 Å². The lowest BCUT2D eigenvalue weighted by Gasteiger charge is -2.16. The first-order chi connectivity index (χ1) is 14.5. The molecule has 3 aromatic rings. The van der Waals surface area contributed by atoms with E-state index in [1.165, 1.54) is 0 Å². The molecule has 0 unspecified atom stereocenters. The maximum absolute atomic E-state index is 9.58. The summed E-state index contributed by atoms with van der Waals surface area (Å²) in [6, 6.07) is 7.89. The molecule has 0 radical (unpaired) electrons. The maximum Gasteiger partial charge on any atom is 0.258 e. The van der Waals surface area contributed by atoms with Gasteiger partial charge in [-0.05, 0) is 61.6 Å². The van der Waals surface area contributed by atoms with E-state index < -0.39 is 6.10 Å². The first kappa shape index (κ1) is 21.9. The van der Waals surface area contributed by atoms with Gasteiger partial charge in [-0.15, -0.1) is 0 Å². The molecule has 0 fully saturated rings. The van der Waals surface area contributed by atoms with Crippen LogP contribution in [0.4, 0.5) is 0 Å². The predicted octanol–water partition coefficient (Wildman–Crippen LogP) is 3.53. The van der Waals surface area contributed by atoms with Gasteiger partial charge in [0.2, 0.25) is 5.82 Å². The summed E-state index contributed by atoms with van der Waals surface area (Å²) in [5, 5.41) is 22.8. The molecule has 1 aromatic carbocycles. The van der Waals surface area contributed by atoms with Gasteiger partial charge in [-0.25, -0.2) is 0 Å². The van der Waals surface area contributed by atoms with Crippen LogP contribution in [0.25, 0.3) is 22.8 Å². The van der Waals surface area contributed by atoms with E-state index >= 15 is 0 Å². The Morgan fingerprint density at radius 2 is 1.67 bits per heavy atom. The van der Waals surface area contributed by atoms with Gasteiger partial charge < -0.3 is 19.5 Å². The van der Waals surface area contributed by atoms with Gasteiger partial charge in [0.05, 0.1) is 6.61 Å². The average molecular weight is 412 g/mol. The normalized spacial score (nSPS) is 12.2. The van der Waals surface area contributed by atoms with Crippen LogP contribution in [-0.2, 0) is 19.3 Å². The Kier molecular flexibility index (Phi) is 7.18. The lowest BCUT2D eigenvalue weighted by Crippen LogP contribution is -2.22. The van der Waals surface area contributed by atoms with Crippen LogP contribution in [0.2, 0.25) is 0 Å². The van der Waals surface area contributed by atoms with Gasteiger partial charge in [0.25, 0.3) is 5.89 Å². The number of benzene rings is 1. The summed E-state index contributed by atoms with van der Waals surface area (Å²) in [5.74, 6) is 1.70. The minimum atomic E-state index is -0.907. The second-order valence-electron chi connectivity index (χ2n) is 7.25. The number of pyridine rings is 1. The van der Waals surface area contributed by atoms with Crippen molar-refractivity contribution in [2.75, 3.05) is 13.2 Å². The number of aliphatic hydroxyl groups excluding tert-OH is 2. The summed E-state index contributed by atoms with van der Waals surface area (Å²) in [6.07, 6.45) is 1.52. The van der Waals surface area contributed by atoms with Crippen molar-refractivity contribution in [3.8, 4) is 28.6 Å². The van der Waals surface area contributed by atoms with E-state index in [-0.39, 0.29) is 13.2 Å². The molecule has 0 saturated carbocycles. The zero-order chi connectivity index (χ0) is 21.7. The third-order valence-corrected chi connectivity index (χ3v) is 4.95. The van der Waals surface area contributed by atoms with Crippen molar-refractivity contribution in [3.63, 3.8) is 0 Å². The van der Waals surface area contributed by atoms with Gasteiger partial charge in [0.1, 0.15) is 18.5 Å². The smallest absolute Gasteiger partial charge is 0.258 e. The van der Waals surface area contributed by atoms with Gasteiger partial charge in [-0.2, -0.15) is 4.98 Å². The Morgan fingerprint density at radius 3 is 2.27 bits per heavy atom. The van der Waals surface area contributed by atoms with Crippen molar-refractivity contribution in [1.29, 1.82) is 0 Å². The Bertz CT molecular complexity index is 978. The summed E-state index contributed by atoms with van der Waals surface area (Å²) in [4.78, 5) is 9.22. The van der Waals surface area contributed by atoms with Crippen LogP contribution < -0.4 is 4.74 Å². The van der Waals surface area contributed by atoms with E-state index in [4.69, 9.17) is 14.4 Å². The molecule has 0 aliphatic heterocycles. The molecule has 7 nitrogen and oxygen atoms in total. The Labute approximate surface area is 176 Å². The van der Waals surface area contributed by atoms with Crippen LogP contribution in [0.3, 0.4) is 0 Å². The Balaban J connectivity index is 1.92. The standard InChI is InChI=1S/C23H29N3O4/c1-5-15-9-16(8-14(4)21(15)29-13-20(28)12-27)22-25-23(30-26-22)17-10-18(6-2)24-19(7-3)11-17/h8-11,20,27-28H,5-7,12-13H2,1-4H3/t20-/m0/s1. The molecule has 160 valence electrons. The lowest BCUT2D eigenvalue weighted by atomic mass is 10.0. The average Bonchev–Trinajstić information content (AvgIpc) is 3.27. The molecular formula is C23H29N3O4. The Morgan fingerprint density at radius 1 is 0.967 bits per heavy atom. The van der Waals surface area contributed by atoms with Crippen molar-refractivity contribution in [1.82, 2.24) is 15.1 Å². The molecule has 1 atom stereocenters. The zero-order valence-electron chi connectivity index (χ0n) is 18.0. The maximum atomic E-state index is 9.58. The minimum absolute atomic E-state index is 0.0393. The SMILES string of the molecule is CCc1cc(-c2nc(-c3cc(C)c(OC[C@@H](O)CO)c(CC)c3)no2)cc(CC)n1. The molecule has 0 amide bonds. The van der Waals surface area contributed by atoms with Gasteiger partial charge in [0.15, 0.2) is 0 Å². The summed E-state index contributed by atoms with van der Waals surface area (Å²) in [5.41, 5.74) is 5.61. The number of aliphatic hydroxyl groups is 2. The van der Waals surface area contributed by atoms with E-state index in [9.17, 15) is 5.11 Å². The molecule has 0 aliphatic carbocycles. The summed E-state index contributed by atoms with van der Waals surface area (Å²) in [6.45, 7) is 7.82. The van der Waals surface area contributed by atoms with Crippen LogP contribution in [0.15, 0.2) is 28.8 Å². The van der Waals surface area contributed by atoms with Gasteiger partial charge in [0, 0.05) is 22.5 Å². The quantitative estimate of drug-likeness (QED) is 0.555. The second kappa shape index (κ2) is 9.82. The third-order valence-electron chi connectivity index (χ3n) is 4.95. The minimum Gasteiger partial charge on any atom is -0.490 e. The van der Waals surface area contributed by atoms with Crippen molar-refractivity contribution in [3.05, 3.63) is 46.8 Å². The molecule has 3 rings (SSSR count). The molecule has 0 saturated heterocycles. The highest BCUT2D eigenvalue weighted by Gasteiger charge is 2.16. The Hall–Kier alpha value is -2.77. The monoisotopic (exact) mass is 411 g/mol. The highest BCUT2D eigenvalue weighted by Crippen LogP contribution is 2.31. The summed E-state index contributed by atoms with van der Waals surface area (Å²) in [7, 11) is 0. The number of hydrogen-bond acceptors (Lipinski definition) is 7. The van der Waals surface area contributed by atoms with Gasteiger partial charge in [-0.3, -0.25) is 4.98 Å². The number of ether oxygens (including phenoxy) is 1. The number of rotatable bonds is 9. The lowest BCUT2D eigenvalue weighted by molar-refractivity contribution is 0.0531. The zero-order valence-corrected chi connectivity index (χ0v) is 18.0. The van der Waals surface area contributed by atoms with E-state index in [0.29, 0.717) is 17.5 Å². The molecule has 2 aromatic heterocycles. The fourth-order valence-corrected chi connectivity index (χ4v) is 3.27. The first-order valence-electron chi connectivity index (χ1n) is 10.4. The van der Waals surface area contributed by atoms with Crippen LogP contribution in [-0.4, -0.2) is 44.7 Å². The van der Waals surface area contributed by atoms with Crippen LogP contribution in [0.5, 0.6) is 5.75 Å². The molecular weight excluding hydrogens is 382 g/mol. The molecule has 2 N–H and O–H groups in total. The summed E-state index contributed by atoms with van der Waals surface area (Å²) < 4.78 is 11.3. The van der Waals surface area contributed by atoms with Crippen molar-refractivity contribution in [2.24, 2.45) is 0 Å². The fraction of sp³-hybridized carbons (Fsp3) is 0.435. The largest absolute Gasteiger partial charge is 0.490 e. The van der Waals surface area contributed by atoms with E-state index in [2.05, 4.69) is 29.0 Å². The van der Waals surface area contributed by atoms with Crippen LogP contribution in [0, 0.1) is 6.92 Å². The highest BCUT2D eigenvalue weighted by atomic mass is 16.5. The van der Waals surface area contributed by atoms with E-state index in [1.54, 1.807) is 0 Å². The summed E-state index contributed by atoms with van der Waals surface area (Å²) >= 11 is 0. The van der Waals surface area contributed by atoms with Crippen LogP contribution >= 0.6 is 0 Å². The van der Waals surface area contributed by atoms with Crippen molar-refractivity contribution in [2.45, 2.75) is 53.1 Å². The predicted molar refractivity (Wildman–Crippen MR) is 114 cm³/mol. The van der Waals surface area contributed by atoms with E-state index in [0.717, 1.165) is 52.9 Å². The highest BCUT2D eigenvalue weighted by molar-refractivity contribution is 5.64. The van der Waals surface area contributed by atoms with Crippen molar-refractivity contribution >= 4 is 0 Å². The van der Waals surface area contributed by atoms with Gasteiger partial charge >= 0.3 is 0 Å². The molecule has 0 spiro atoms. The number of hydrogen-bond donors (Lipinski definition) is 2.